The maximum Gasteiger partial charge on any atom is 0.0799 e. The van der Waals surface area contributed by atoms with Crippen LogP contribution in [0.5, 0.6) is 0 Å². The summed E-state index contributed by atoms with van der Waals surface area (Å²) < 4.78 is 40.3. The molecule has 5 rings (SSSR count). The van der Waals surface area contributed by atoms with Crippen LogP contribution in [0.3, 0.4) is 0 Å². The molecule has 0 aliphatic heterocycles. The molecular weight excluding hydrogens is 645 g/mol. The Hall–Kier alpha value is -3.17. The molecule has 0 saturated heterocycles. The molecule has 37 heavy (non-hydrogen) atoms. The third-order valence-electron chi connectivity index (χ3n) is 5.50. The Bertz CT molecular complexity index is 1520. The van der Waals surface area contributed by atoms with E-state index in [4.69, 9.17) is 6.85 Å². The van der Waals surface area contributed by atoms with Crippen molar-refractivity contribution >= 4 is 13.3 Å². The van der Waals surface area contributed by atoms with Gasteiger partial charge in [-0.15, -0.1) is 71.3 Å². The van der Waals surface area contributed by atoms with Crippen LogP contribution in [0.15, 0.2) is 109 Å². The summed E-state index contributed by atoms with van der Waals surface area (Å²) in [6.45, 7) is 4.34. The Balaban J connectivity index is 0.000000310. The number of aromatic nitrogens is 2. The summed E-state index contributed by atoms with van der Waals surface area (Å²) in [4.78, 5) is 8.79. The fraction of sp³-hybridized carbons (Fsp3) is 0.152. The molecule has 2 heterocycles. The van der Waals surface area contributed by atoms with Crippen molar-refractivity contribution in [3.05, 3.63) is 138 Å². The summed E-state index contributed by atoms with van der Waals surface area (Å²) in [5, 5.41) is 0.967. The van der Waals surface area contributed by atoms with E-state index in [1.807, 2.05) is 60.7 Å². The van der Waals surface area contributed by atoms with Crippen LogP contribution < -0.4 is 5.19 Å². The standard InChI is InChI=1S/C22H24NSi.C11H8N.Ir/c1-17-10-12-19(13-11-17)21-15-20(14-18-8-6-5-7-9-18)22(16-23-21)24(2,3)4;1-2-6-10(7-3-1)11-8-4-5-9-12-11;/h5-12,15-16H,14H2,1-4H3;1-6,8-9H;/q2*-1;/i1D3,14D2;;. The first kappa shape index (κ1) is 21.9. The van der Waals surface area contributed by atoms with E-state index in [9.17, 15) is 0 Å². The number of hydrogen-bond donors (Lipinski definition) is 0. The van der Waals surface area contributed by atoms with Gasteiger partial charge in [0.05, 0.1) is 8.07 Å². The van der Waals surface area contributed by atoms with Crippen molar-refractivity contribution in [2.45, 2.75) is 32.9 Å². The van der Waals surface area contributed by atoms with Crippen molar-refractivity contribution < 1.29 is 27.0 Å². The maximum absolute atomic E-state index is 8.88. The van der Waals surface area contributed by atoms with Crippen molar-refractivity contribution in [3.8, 4) is 22.5 Å². The van der Waals surface area contributed by atoms with Gasteiger partial charge in [-0.2, -0.15) is 0 Å². The molecule has 0 saturated carbocycles. The number of rotatable bonds is 5. The van der Waals surface area contributed by atoms with E-state index < -0.39 is 21.3 Å². The minimum absolute atomic E-state index is 0. The van der Waals surface area contributed by atoms with Gasteiger partial charge in [0.15, 0.2) is 0 Å². The molecule has 0 unspecified atom stereocenters. The second-order valence-electron chi connectivity index (χ2n) is 9.34. The minimum Gasteiger partial charge on any atom is -0.305 e. The summed E-state index contributed by atoms with van der Waals surface area (Å²) in [6.07, 6.45) is 1.90. The number of aryl methyl sites for hydroxylation is 1. The summed E-state index contributed by atoms with van der Waals surface area (Å²) >= 11 is 0. The zero-order chi connectivity index (χ0) is 29.7. The van der Waals surface area contributed by atoms with E-state index >= 15 is 0 Å². The van der Waals surface area contributed by atoms with Gasteiger partial charge in [-0.25, -0.2) is 0 Å². The average molecular weight is 682 g/mol. The first-order chi connectivity index (χ1) is 19.4. The maximum atomic E-state index is 8.88. The van der Waals surface area contributed by atoms with E-state index in [1.54, 1.807) is 42.7 Å². The fourth-order valence-corrected chi connectivity index (χ4v) is 5.03. The monoisotopic (exact) mass is 682 g/mol. The Morgan fingerprint density at radius 1 is 0.811 bits per heavy atom. The molecule has 2 aromatic heterocycles. The summed E-state index contributed by atoms with van der Waals surface area (Å²) in [5.74, 6) is 0. The molecule has 3 aromatic carbocycles. The van der Waals surface area contributed by atoms with Gasteiger partial charge >= 0.3 is 0 Å². The largest absolute Gasteiger partial charge is 0.305 e. The minimum atomic E-state index is -2.18. The number of pyridine rings is 2. The summed E-state index contributed by atoms with van der Waals surface area (Å²) in [7, 11) is -1.87. The van der Waals surface area contributed by atoms with Gasteiger partial charge in [-0.05, 0) is 34.6 Å². The van der Waals surface area contributed by atoms with Crippen LogP contribution in [-0.2, 0) is 26.5 Å². The molecule has 0 spiro atoms. The normalized spacial score (nSPS) is 13.3. The van der Waals surface area contributed by atoms with E-state index in [2.05, 4.69) is 41.7 Å². The van der Waals surface area contributed by atoms with Crippen molar-refractivity contribution in [1.82, 2.24) is 9.97 Å². The molecule has 0 aliphatic rings. The van der Waals surface area contributed by atoms with Crippen molar-refractivity contribution in [2.24, 2.45) is 0 Å². The molecule has 0 N–H and O–H groups in total. The molecule has 0 bridgehead atoms. The van der Waals surface area contributed by atoms with E-state index in [0.29, 0.717) is 22.4 Å². The van der Waals surface area contributed by atoms with Crippen LogP contribution in [0.2, 0.25) is 19.6 Å². The zero-order valence-corrected chi connectivity index (χ0v) is 24.5. The van der Waals surface area contributed by atoms with Crippen LogP contribution in [0, 0.1) is 19.0 Å². The molecule has 0 aliphatic carbocycles. The van der Waals surface area contributed by atoms with Crippen LogP contribution in [0.25, 0.3) is 22.5 Å². The first-order valence-corrected chi connectivity index (χ1v) is 15.3. The molecule has 189 valence electrons. The summed E-state index contributed by atoms with van der Waals surface area (Å²) in [5.41, 5.74) is 4.67. The van der Waals surface area contributed by atoms with Gasteiger partial charge in [0.25, 0.3) is 0 Å². The Labute approximate surface area is 243 Å². The molecule has 0 amide bonds. The van der Waals surface area contributed by atoms with E-state index in [-0.39, 0.29) is 25.7 Å². The fourth-order valence-electron chi connectivity index (χ4n) is 3.64. The third kappa shape index (κ3) is 8.16. The van der Waals surface area contributed by atoms with Gasteiger partial charge in [0.2, 0.25) is 0 Å². The van der Waals surface area contributed by atoms with Crippen molar-refractivity contribution in [1.29, 1.82) is 0 Å². The van der Waals surface area contributed by atoms with Gasteiger partial charge in [0.1, 0.15) is 0 Å². The van der Waals surface area contributed by atoms with Crippen LogP contribution in [0.4, 0.5) is 0 Å². The Morgan fingerprint density at radius 2 is 1.57 bits per heavy atom. The molecule has 0 atom stereocenters. The topological polar surface area (TPSA) is 25.8 Å². The Morgan fingerprint density at radius 3 is 2.19 bits per heavy atom. The van der Waals surface area contributed by atoms with Gasteiger partial charge in [-0.3, -0.25) is 0 Å². The van der Waals surface area contributed by atoms with Crippen molar-refractivity contribution in [3.63, 3.8) is 0 Å². The SMILES string of the molecule is [2H]C([2H])([2H])c1c[c-]c(-c2cc(C([2H])([2H])c3ccccc3)c([Si](C)(C)C)cn2)cc1.[Ir].[c-]1ccccc1-c1ccccn1. The number of nitrogens with zero attached hydrogens (tertiary/aromatic N) is 2. The van der Waals surface area contributed by atoms with Gasteiger partial charge in [-0.1, -0.05) is 80.6 Å². The van der Waals surface area contributed by atoms with Crippen LogP contribution >= 0.6 is 0 Å². The van der Waals surface area contributed by atoms with Gasteiger partial charge in [0, 0.05) is 39.4 Å². The van der Waals surface area contributed by atoms with E-state index in [1.165, 1.54) is 6.07 Å². The van der Waals surface area contributed by atoms with Crippen molar-refractivity contribution in [2.75, 3.05) is 0 Å². The molecular formula is C33H32IrN2Si-2. The molecule has 5 aromatic rings. The number of hydrogen-bond acceptors (Lipinski definition) is 2. The molecule has 2 nitrogen and oxygen atoms in total. The predicted molar refractivity (Wildman–Crippen MR) is 154 cm³/mol. The molecule has 1 radical (unpaired) electrons. The smallest absolute Gasteiger partial charge is 0.0799 e. The first-order valence-electron chi connectivity index (χ1n) is 14.3. The van der Waals surface area contributed by atoms with E-state index in [0.717, 1.165) is 16.4 Å². The zero-order valence-electron chi connectivity index (χ0n) is 26.1. The quantitative estimate of drug-likeness (QED) is 0.142. The van der Waals surface area contributed by atoms with Crippen LogP contribution in [0.1, 0.15) is 23.5 Å². The number of benzene rings is 3. The van der Waals surface area contributed by atoms with Crippen LogP contribution in [-0.4, -0.2) is 18.0 Å². The Kier molecular flexibility index (Phi) is 7.92. The molecule has 0 fully saturated rings. The third-order valence-corrected chi connectivity index (χ3v) is 7.52. The second kappa shape index (κ2) is 13.4. The predicted octanol–water partition coefficient (Wildman–Crippen LogP) is 7.54. The summed E-state index contributed by atoms with van der Waals surface area (Å²) in [6, 6.07) is 35.5. The molecule has 4 heteroatoms. The average Bonchev–Trinajstić information content (AvgIpc) is 2.98. The second-order valence-corrected chi connectivity index (χ2v) is 14.4. The van der Waals surface area contributed by atoms with Gasteiger partial charge < -0.3 is 9.97 Å².